The summed E-state index contributed by atoms with van der Waals surface area (Å²) < 4.78 is 17.5. The van der Waals surface area contributed by atoms with Crippen LogP contribution >= 0.6 is 0 Å². The molecule has 1 aromatic heterocycles. The zero-order chi connectivity index (χ0) is 28.8. The smallest absolute Gasteiger partial charge is 0.342 e. The average Bonchev–Trinajstić information content (AvgIpc) is 3.52. The van der Waals surface area contributed by atoms with E-state index in [0.29, 0.717) is 24.2 Å². The number of nitrogens with zero attached hydrogens (tertiary/aromatic N) is 2. The number of aryl methyl sites for hydroxylation is 1. The number of para-hydroxylation sites is 1. The van der Waals surface area contributed by atoms with E-state index in [0.717, 1.165) is 67.8 Å². The number of aromatic nitrogens is 1. The van der Waals surface area contributed by atoms with Crippen molar-refractivity contribution in [3.63, 3.8) is 0 Å². The van der Waals surface area contributed by atoms with Crippen LogP contribution in [-0.2, 0) is 33.8 Å². The van der Waals surface area contributed by atoms with Crippen LogP contribution in [0.5, 0.6) is 5.75 Å². The quantitative estimate of drug-likeness (QED) is 0.168. The molecule has 41 heavy (non-hydrogen) atoms. The second kappa shape index (κ2) is 13.0. The van der Waals surface area contributed by atoms with Crippen LogP contribution in [0.15, 0.2) is 66.1 Å². The van der Waals surface area contributed by atoms with Crippen molar-refractivity contribution in [3.05, 3.63) is 88.3 Å². The summed E-state index contributed by atoms with van der Waals surface area (Å²) >= 11 is 0. The third-order valence-electron chi connectivity index (χ3n) is 7.50. The molecular formula is C32H36N4O5. The van der Waals surface area contributed by atoms with Gasteiger partial charge in [-0.3, -0.25) is 4.90 Å². The molecule has 2 aliphatic heterocycles. The molecule has 3 heterocycles. The van der Waals surface area contributed by atoms with Crippen LogP contribution in [0, 0.1) is 12.3 Å². The molecule has 2 aliphatic rings. The van der Waals surface area contributed by atoms with Gasteiger partial charge in [0.1, 0.15) is 23.7 Å². The van der Waals surface area contributed by atoms with E-state index >= 15 is 0 Å². The van der Waals surface area contributed by atoms with Gasteiger partial charge in [0, 0.05) is 37.5 Å². The maximum atomic E-state index is 11.6. The van der Waals surface area contributed by atoms with E-state index in [1.807, 2.05) is 37.3 Å². The van der Waals surface area contributed by atoms with Gasteiger partial charge in [-0.2, -0.15) is 0 Å². The fraction of sp³-hybridized carbons (Fsp3) is 0.344. The lowest BCUT2D eigenvalue weighted by atomic mass is 9.96. The summed E-state index contributed by atoms with van der Waals surface area (Å²) in [5, 5.41) is 19.9. The molecule has 0 spiro atoms. The third-order valence-corrected chi connectivity index (χ3v) is 7.50. The lowest BCUT2D eigenvalue weighted by Gasteiger charge is -2.33. The Bertz CT molecular complexity index is 1450. The first-order valence-electron chi connectivity index (χ1n) is 14.0. The molecule has 3 aromatic rings. The van der Waals surface area contributed by atoms with E-state index < -0.39 is 5.97 Å². The summed E-state index contributed by atoms with van der Waals surface area (Å²) in [4.78, 5) is 18.8. The second-order valence-electron chi connectivity index (χ2n) is 10.2. The monoisotopic (exact) mass is 556 g/mol. The van der Waals surface area contributed by atoms with Crippen LogP contribution < -0.4 is 10.1 Å². The molecule has 1 atom stereocenters. The minimum Gasteiger partial charge on any atom is -0.488 e. The Morgan fingerprint density at radius 3 is 2.83 bits per heavy atom. The third kappa shape index (κ3) is 6.58. The van der Waals surface area contributed by atoms with Crippen LogP contribution in [0.1, 0.15) is 35.6 Å². The number of carboxylic acid groups (broad SMARTS) is 1. The lowest BCUT2D eigenvalue weighted by Crippen LogP contribution is -2.39. The van der Waals surface area contributed by atoms with Crippen molar-refractivity contribution in [2.45, 2.75) is 45.9 Å². The highest BCUT2D eigenvalue weighted by molar-refractivity contribution is 6.08. The number of rotatable bonds is 11. The largest absolute Gasteiger partial charge is 0.488 e. The molecule has 5 rings (SSSR count). The highest BCUT2D eigenvalue weighted by Crippen LogP contribution is 2.34. The van der Waals surface area contributed by atoms with Gasteiger partial charge in [-0.15, -0.1) is 0 Å². The van der Waals surface area contributed by atoms with Crippen molar-refractivity contribution >= 4 is 18.0 Å². The molecule has 214 valence electrons. The predicted molar refractivity (Wildman–Crippen MR) is 157 cm³/mol. The van der Waals surface area contributed by atoms with Gasteiger partial charge in [0.05, 0.1) is 18.9 Å². The van der Waals surface area contributed by atoms with Crippen molar-refractivity contribution in [1.29, 1.82) is 5.41 Å². The van der Waals surface area contributed by atoms with E-state index in [-0.39, 0.29) is 18.1 Å². The van der Waals surface area contributed by atoms with Crippen LogP contribution in [0.3, 0.4) is 0 Å². The van der Waals surface area contributed by atoms with Gasteiger partial charge in [0.15, 0.2) is 0 Å². The number of hydrogen-bond donors (Lipinski definition) is 3. The number of fused-ring (bicyclic) bond motifs is 1. The number of carbonyl (C=O) groups is 1. The summed E-state index contributed by atoms with van der Waals surface area (Å²) in [5.41, 5.74) is 6.08. The minimum absolute atomic E-state index is 0.0347. The Balaban J connectivity index is 1.33. The highest BCUT2D eigenvalue weighted by atomic mass is 16.5. The Morgan fingerprint density at radius 1 is 1.22 bits per heavy atom. The standard InChI is InChI=1S/C32H36N4O5/c1-3-40-31(27(17-33)32(37)38)35-29-9-5-8-28(34-29)26-7-4-6-21(2)30(26)41-19-22-10-11-24-18-36(14-12-23(24)16-22)25-13-15-39-20-25/h4-11,16-17,25,33H,3,12-15,18-20H2,1-2H3,(H,34,35)(H,37,38)/b31-27-,33-17?. The van der Waals surface area contributed by atoms with Crippen LogP contribution in [0.4, 0.5) is 5.82 Å². The van der Waals surface area contributed by atoms with Crippen LogP contribution in [0.25, 0.3) is 11.3 Å². The average molecular weight is 557 g/mol. The van der Waals surface area contributed by atoms with E-state index in [9.17, 15) is 9.90 Å². The van der Waals surface area contributed by atoms with Crippen LogP contribution in [-0.4, -0.2) is 59.6 Å². The molecule has 9 nitrogen and oxygen atoms in total. The Hall–Kier alpha value is -4.21. The number of nitrogens with one attached hydrogen (secondary N) is 2. The molecule has 0 aliphatic carbocycles. The van der Waals surface area contributed by atoms with Crippen LogP contribution in [0.2, 0.25) is 0 Å². The molecule has 1 fully saturated rings. The molecular weight excluding hydrogens is 520 g/mol. The van der Waals surface area contributed by atoms with Crippen molar-refractivity contribution in [2.24, 2.45) is 0 Å². The minimum atomic E-state index is -1.26. The first-order chi connectivity index (χ1) is 20.0. The Morgan fingerprint density at radius 2 is 2.07 bits per heavy atom. The number of ether oxygens (including phenoxy) is 3. The second-order valence-corrected chi connectivity index (χ2v) is 10.2. The Labute approximate surface area is 240 Å². The Kier molecular flexibility index (Phi) is 8.96. The molecule has 3 N–H and O–H groups in total. The normalized spacial score (nSPS) is 17.4. The summed E-state index contributed by atoms with van der Waals surface area (Å²) in [6.07, 6.45) is 2.89. The number of hydrogen-bond acceptors (Lipinski definition) is 8. The van der Waals surface area contributed by atoms with E-state index in [4.69, 9.17) is 24.6 Å². The van der Waals surface area contributed by atoms with Gasteiger partial charge in [-0.25, -0.2) is 9.78 Å². The molecule has 0 radical (unpaired) electrons. The number of pyridine rings is 1. The number of anilines is 1. The van der Waals surface area contributed by atoms with Gasteiger partial charge in [-0.05, 0) is 67.1 Å². The zero-order valence-corrected chi connectivity index (χ0v) is 23.5. The lowest BCUT2D eigenvalue weighted by molar-refractivity contribution is -0.132. The SMILES string of the molecule is CCO/C(Nc1cccc(-c2cccc(C)c2OCc2ccc3c(c2)CCN(C2CCOC2)C3)n1)=C(/C=N)C(=O)O. The van der Waals surface area contributed by atoms with Gasteiger partial charge >= 0.3 is 5.97 Å². The summed E-state index contributed by atoms with van der Waals surface area (Å²) in [6.45, 7) is 8.14. The number of carboxylic acids is 1. The molecule has 9 heteroatoms. The maximum absolute atomic E-state index is 11.6. The van der Waals surface area contributed by atoms with E-state index in [2.05, 4.69) is 28.4 Å². The van der Waals surface area contributed by atoms with Crippen molar-refractivity contribution in [1.82, 2.24) is 9.88 Å². The predicted octanol–water partition coefficient (Wildman–Crippen LogP) is 5.18. The maximum Gasteiger partial charge on any atom is 0.342 e. The summed E-state index contributed by atoms with van der Waals surface area (Å²) in [5.74, 6) is -0.155. The zero-order valence-electron chi connectivity index (χ0n) is 23.5. The van der Waals surface area contributed by atoms with Gasteiger partial charge < -0.3 is 30.0 Å². The first-order valence-corrected chi connectivity index (χ1v) is 14.0. The molecule has 1 saturated heterocycles. The first kappa shape index (κ1) is 28.3. The molecule has 0 amide bonds. The van der Waals surface area contributed by atoms with Crippen molar-refractivity contribution in [3.8, 4) is 17.0 Å². The fourth-order valence-corrected chi connectivity index (χ4v) is 5.36. The summed E-state index contributed by atoms with van der Waals surface area (Å²) in [6, 6.07) is 18.5. The summed E-state index contributed by atoms with van der Waals surface area (Å²) in [7, 11) is 0. The van der Waals surface area contributed by atoms with Gasteiger partial charge in [0.2, 0.25) is 5.88 Å². The van der Waals surface area contributed by atoms with Gasteiger partial charge in [-0.1, -0.05) is 36.4 Å². The van der Waals surface area contributed by atoms with E-state index in [1.165, 1.54) is 11.1 Å². The molecule has 0 bridgehead atoms. The number of benzene rings is 2. The fourth-order valence-electron chi connectivity index (χ4n) is 5.36. The topological polar surface area (TPSA) is 117 Å². The highest BCUT2D eigenvalue weighted by Gasteiger charge is 2.26. The molecule has 0 saturated carbocycles. The van der Waals surface area contributed by atoms with E-state index in [1.54, 1.807) is 13.0 Å². The molecule has 1 unspecified atom stereocenters. The van der Waals surface area contributed by atoms with Crippen molar-refractivity contribution < 1.29 is 24.1 Å². The number of aliphatic carboxylic acids is 1. The van der Waals surface area contributed by atoms with Gasteiger partial charge in [0.25, 0.3) is 0 Å². The molecule has 2 aromatic carbocycles. The van der Waals surface area contributed by atoms with Crippen molar-refractivity contribution in [2.75, 3.05) is 31.7 Å².